The summed E-state index contributed by atoms with van der Waals surface area (Å²) >= 11 is 0. The molecule has 0 unspecified atom stereocenters. The highest BCUT2D eigenvalue weighted by Crippen LogP contribution is 2.29. The first kappa shape index (κ1) is 13.4. The zero-order valence-electron chi connectivity index (χ0n) is 11.4. The van der Waals surface area contributed by atoms with Crippen LogP contribution in [0.5, 0.6) is 5.75 Å². The standard InChI is InChI=1S/C16H25NO/c1-2-13-6-8-15(9-7-13)18-16-5-3-4-14(12-16)10-11-17/h3-5,12-13,15H,2,6-11,17H2,1H3. The van der Waals surface area contributed by atoms with Crippen LogP contribution in [-0.2, 0) is 6.42 Å². The van der Waals surface area contributed by atoms with E-state index in [2.05, 4.69) is 31.2 Å². The SMILES string of the molecule is CCC1CCC(Oc2cccc(CCN)c2)CC1. The van der Waals surface area contributed by atoms with Crippen molar-refractivity contribution >= 4 is 0 Å². The number of nitrogens with two attached hydrogens (primary N) is 1. The number of rotatable bonds is 5. The molecule has 0 radical (unpaired) electrons. The molecule has 1 aliphatic rings. The van der Waals surface area contributed by atoms with Gasteiger partial charge in [0.2, 0.25) is 0 Å². The van der Waals surface area contributed by atoms with E-state index in [1.807, 2.05) is 0 Å². The molecule has 18 heavy (non-hydrogen) atoms. The fraction of sp³-hybridized carbons (Fsp3) is 0.625. The van der Waals surface area contributed by atoms with Gasteiger partial charge in [-0.15, -0.1) is 0 Å². The van der Waals surface area contributed by atoms with Crippen LogP contribution < -0.4 is 10.5 Å². The summed E-state index contributed by atoms with van der Waals surface area (Å²) in [5, 5.41) is 0. The van der Waals surface area contributed by atoms with E-state index < -0.39 is 0 Å². The van der Waals surface area contributed by atoms with Gasteiger partial charge in [-0.05, 0) is 62.3 Å². The maximum absolute atomic E-state index is 6.09. The number of benzene rings is 1. The molecule has 1 aromatic rings. The summed E-state index contributed by atoms with van der Waals surface area (Å²) in [7, 11) is 0. The van der Waals surface area contributed by atoms with E-state index in [0.717, 1.165) is 18.1 Å². The van der Waals surface area contributed by atoms with Crippen LogP contribution in [0.1, 0.15) is 44.6 Å². The normalized spacial score (nSPS) is 23.9. The van der Waals surface area contributed by atoms with Crippen molar-refractivity contribution in [1.82, 2.24) is 0 Å². The number of hydrogen-bond donors (Lipinski definition) is 1. The van der Waals surface area contributed by atoms with Crippen molar-refractivity contribution in [3.05, 3.63) is 29.8 Å². The lowest BCUT2D eigenvalue weighted by Crippen LogP contribution is -2.23. The van der Waals surface area contributed by atoms with Gasteiger partial charge < -0.3 is 10.5 Å². The van der Waals surface area contributed by atoms with Gasteiger partial charge in [0.25, 0.3) is 0 Å². The average Bonchev–Trinajstić information content (AvgIpc) is 2.40. The maximum atomic E-state index is 6.09. The number of ether oxygens (including phenoxy) is 1. The van der Waals surface area contributed by atoms with E-state index in [-0.39, 0.29) is 0 Å². The Hall–Kier alpha value is -1.02. The van der Waals surface area contributed by atoms with Gasteiger partial charge in [0.1, 0.15) is 5.75 Å². The Balaban J connectivity index is 1.87. The molecule has 1 saturated carbocycles. The van der Waals surface area contributed by atoms with Crippen molar-refractivity contribution in [2.24, 2.45) is 11.7 Å². The molecule has 2 rings (SSSR count). The van der Waals surface area contributed by atoms with Gasteiger partial charge >= 0.3 is 0 Å². The van der Waals surface area contributed by atoms with Crippen LogP contribution in [-0.4, -0.2) is 12.6 Å². The molecule has 1 fully saturated rings. The molecular formula is C16H25NO. The predicted molar refractivity (Wildman–Crippen MR) is 75.9 cm³/mol. The van der Waals surface area contributed by atoms with Crippen molar-refractivity contribution in [3.63, 3.8) is 0 Å². The fourth-order valence-electron chi connectivity index (χ4n) is 2.79. The maximum Gasteiger partial charge on any atom is 0.119 e. The molecule has 0 atom stereocenters. The first-order valence-corrected chi connectivity index (χ1v) is 7.27. The van der Waals surface area contributed by atoms with Gasteiger partial charge in [0, 0.05) is 0 Å². The van der Waals surface area contributed by atoms with Crippen molar-refractivity contribution in [2.75, 3.05) is 6.54 Å². The third-order valence-electron chi connectivity index (χ3n) is 4.01. The van der Waals surface area contributed by atoms with Crippen LogP contribution >= 0.6 is 0 Å². The zero-order chi connectivity index (χ0) is 12.8. The summed E-state index contributed by atoms with van der Waals surface area (Å²) in [6, 6.07) is 8.39. The largest absolute Gasteiger partial charge is 0.490 e. The van der Waals surface area contributed by atoms with Crippen molar-refractivity contribution in [3.8, 4) is 5.75 Å². The molecule has 1 aliphatic carbocycles. The van der Waals surface area contributed by atoms with Crippen LogP contribution in [0.15, 0.2) is 24.3 Å². The fourth-order valence-corrected chi connectivity index (χ4v) is 2.79. The summed E-state index contributed by atoms with van der Waals surface area (Å²) in [5.74, 6) is 1.94. The second kappa shape index (κ2) is 6.79. The van der Waals surface area contributed by atoms with E-state index in [0.29, 0.717) is 12.6 Å². The van der Waals surface area contributed by atoms with E-state index in [1.165, 1.54) is 37.7 Å². The topological polar surface area (TPSA) is 35.2 Å². The van der Waals surface area contributed by atoms with E-state index in [4.69, 9.17) is 10.5 Å². The predicted octanol–water partition coefficient (Wildman–Crippen LogP) is 3.54. The van der Waals surface area contributed by atoms with Crippen LogP contribution in [0.25, 0.3) is 0 Å². The summed E-state index contributed by atoms with van der Waals surface area (Å²) in [6.45, 7) is 2.99. The van der Waals surface area contributed by atoms with Gasteiger partial charge in [-0.1, -0.05) is 25.5 Å². The Morgan fingerprint density at radius 3 is 2.67 bits per heavy atom. The molecular weight excluding hydrogens is 222 g/mol. The summed E-state index contributed by atoms with van der Waals surface area (Å²) < 4.78 is 6.09. The summed E-state index contributed by atoms with van der Waals surface area (Å²) in [5.41, 5.74) is 6.86. The first-order valence-electron chi connectivity index (χ1n) is 7.27. The summed E-state index contributed by atoms with van der Waals surface area (Å²) in [4.78, 5) is 0. The second-order valence-electron chi connectivity index (χ2n) is 5.35. The van der Waals surface area contributed by atoms with Gasteiger partial charge in [-0.2, -0.15) is 0 Å². The molecule has 1 aromatic carbocycles. The molecule has 0 saturated heterocycles. The van der Waals surface area contributed by atoms with Gasteiger partial charge in [-0.3, -0.25) is 0 Å². The highest BCUT2D eigenvalue weighted by molar-refractivity contribution is 5.28. The Kier molecular flexibility index (Phi) is 5.06. The molecule has 0 spiro atoms. The van der Waals surface area contributed by atoms with Crippen LogP contribution in [0, 0.1) is 5.92 Å². The Morgan fingerprint density at radius 1 is 1.22 bits per heavy atom. The highest BCUT2D eigenvalue weighted by atomic mass is 16.5. The molecule has 0 aromatic heterocycles. The number of hydrogen-bond acceptors (Lipinski definition) is 2. The van der Waals surface area contributed by atoms with E-state index in [1.54, 1.807) is 0 Å². The molecule has 0 heterocycles. The third-order valence-corrected chi connectivity index (χ3v) is 4.01. The van der Waals surface area contributed by atoms with Crippen molar-refractivity contribution < 1.29 is 4.74 Å². The molecule has 0 bridgehead atoms. The Bertz CT molecular complexity index is 356. The Morgan fingerprint density at radius 2 is 2.00 bits per heavy atom. The second-order valence-corrected chi connectivity index (χ2v) is 5.35. The lowest BCUT2D eigenvalue weighted by molar-refractivity contribution is 0.130. The monoisotopic (exact) mass is 247 g/mol. The van der Waals surface area contributed by atoms with Crippen LogP contribution in [0.3, 0.4) is 0 Å². The van der Waals surface area contributed by atoms with Gasteiger partial charge in [-0.25, -0.2) is 0 Å². The lowest BCUT2D eigenvalue weighted by Gasteiger charge is -2.28. The van der Waals surface area contributed by atoms with Gasteiger partial charge in [0.05, 0.1) is 6.10 Å². The Labute approximate surface area is 111 Å². The lowest BCUT2D eigenvalue weighted by atomic mass is 9.86. The minimum atomic E-state index is 0.418. The smallest absolute Gasteiger partial charge is 0.119 e. The van der Waals surface area contributed by atoms with Crippen LogP contribution in [0.4, 0.5) is 0 Å². The molecule has 2 heteroatoms. The molecule has 2 N–H and O–H groups in total. The molecule has 2 nitrogen and oxygen atoms in total. The van der Waals surface area contributed by atoms with Crippen molar-refractivity contribution in [2.45, 2.75) is 51.6 Å². The van der Waals surface area contributed by atoms with Crippen LogP contribution in [0.2, 0.25) is 0 Å². The minimum Gasteiger partial charge on any atom is -0.490 e. The quantitative estimate of drug-likeness (QED) is 0.863. The minimum absolute atomic E-state index is 0.418. The molecule has 0 aliphatic heterocycles. The van der Waals surface area contributed by atoms with Crippen molar-refractivity contribution in [1.29, 1.82) is 0 Å². The average molecular weight is 247 g/mol. The molecule has 100 valence electrons. The summed E-state index contributed by atoms with van der Waals surface area (Å²) in [6.07, 6.45) is 7.73. The zero-order valence-corrected chi connectivity index (χ0v) is 11.4. The molecule has 0 amide bonds. The highest BCUT2D eigenvalue weighted by Gasteiger charge is 2.21. The van der Waals surface area contributed by atoms with E-state index in [9.17, 15) is 0 Å². The van der Waals surface area contributed by atoms with E-state index >= 15 is 0 Å². The van der Waals surface area contributed by atoms with Gasteiger partial charge in [0.15, 0.2) is 0 Å². The third kappa shape index (κ3) is 3.74. The first-order chi connectivity index (χ1) is 8.81.